The first kappa shape index (κ1) is 14.8. The third-order valence-electron chi connectivity index (χ3n) is 5.84. The molecule has 0 bridgehead atoms. The Morgan fingerprint density at radius 3 is 2.35 bits per heavy atom. The zero-order valence-corrected chi connectivity index (χ0v) is 13.7. The first-order valence-electron chi connectivity index (χ1n) is 8.56. The Morgan fingerprint density at radius 1 is 1.15 bits per heavy atom. The molecule has 1 saturated heterocycles. The molecule has 0 aromatic carbocycles. The molecular formula is C17H32N2O. The molecule has 1 heterocycles. The highest BCUT2D eigenvalue weighted by Crippen LogP contribution is 2.48. The van der Waals surface area contributed by atoms with Gasteiger partial charge in [0.05, 0.1) is 12.7 Å². The van der Waals surface area contributed by atoms with Crippen molar-refractivity contribution >= 4 is 0 Å². The Kier molecular flexibility index (Phi) is 3.89. The van der Waals surface area contributed by atoms with Gasteiger partial charge in [0.25, 0.3) is 0 Å². The third-order valence-corrected chi connectivity index (χ3v) is 5.84. The average Bonchev–Trinajstić information content (AvgIpc) is 3.26. The van der Waals surface area contributed by atoms with Crippen LogP contribution in [0.3, 0.4) is 0 Å². The quantitative estimate of drug-likeness (QED) is 0.809. The van der Waals surface area contributed by atoms with Crippen molar-refractivity contribution in [1.29, 1.82) is 0 Å². The van der Waals surface area contributed by atoms with Crippen molar-refractivity contribution < 1.29 is 4.74 Å². The van der Waals surface area contributed by atoms with Gasteiger partial charge in [-0.25, -0.2) is 0 Å². The van der Waals surface area contributed by atoms with Crippen molar-refractivity contribution in [2.75, 3.05) is 26.2 Å². The summed E-state index contributed by atoms with van der Waals surface area (Å²) in [6.07, 6.45) is 6.01. The maximum atomic E-state index is 5.82. The van der Waals surface area contributed by atoms with Crippen LogP contribution in [0.2, 0.25) is 0 Å². The molecule has 2 unspecified atom stereocenters. The van der Waals surface area contributed by atoms with Crippen LogP contribution in [0.4, 0.5) is 0 Å². The smallest absolute Gasteiger partial charge is 0.0597 e. The predicted octanol–water partition coefficient (Wildman–Crippen LogP) is 2.65. The van der Waals surface area contributed by atoms with Gasteiger partial charge in [0, 0.05) is 30.7 Å². The molecule has 3 fully saturated rings. The maximum Gasteiger partial charge on any atom is 0.0597 e. The number of nitrogens with one attached hydrogen (secondary N) is 1. The van der Waals surface area contributed by atoms with Gasteiger partial charge in [0.2, 0.25) is 0 Å². The van der Waals surface area contributed by atoms with Gasteiger partial charge in [-0.2, -0.15) is 0 Å². The van der Waals surface area contributed by atoms with Gasteiger partial charge >= 0.3 is 0 Å². The topological polar surface area (TPSA) is 24.5 Å². The van der Waals surface area contributed by atoms with Crippen LogP contribution in [0.15, 0.2) is 0 Å². The van der Waals surface area contributed by atoms with Crippen LogP contribution in [0, 0.1) is 11.8 Å². The van der Waals surface area contributed by atoms with Crippen molar-refractivity contribution in [2.45, 2.75) is 70.6 Å². The van der Waals surface area contributed by atoms with Crippen LogP contribution in [-0.4, -0.2) is 48.3 Å². The second-order valence-electron chi connectivity index (χ2n) is 8.02. The molecule has 1 aliphatic heterocycles. The van der Waals surface area contributed by atoms with E-state index in [4.69, 9.17) is 4.74 Å². The number of hydrogen-bond acceptors (Lipinski definition) is 3. The Bertz CT molecular complexity index is 351. The minimum atomic E-state index is 0.340. The third kappa shape index (κ3) is 2.90. The lowest BCUT2D eigenvalue weighted by Gasteiger charge is -2.53. The zero-order valence-electron chi connectivity index (χ0n) is 13.7. The maximum absolute atomic E-state index is 5.82. The summed E-state index contributed by atoms with van der Waals surface area (Å²) in [5, 5.41) is 3.92. The molecule has 1 N–H and O–H groups in total. The van der Waals surface area contributed by atoms with Gasteiger partial charge in [-0.1, -0.05) is 0 Å². The van der Waals surface area contributed by atoms with Gasteiger partial charge in [-0.15, -0.1) is 0 Å². The van der Waals surface area contributed by atoms with Crippen LogP contribution < -0.4 is 5.32 Å². The Balaban J connectivity index is 1.65. The van der Waals surface area contributed by atoms with E-state index < -0.39 is 0 Å². The summed E-state index contributed by atoms with van der Waals surface area (Å²) in [7, 11) is 0. The van der Waals surface area contributed by atoms with Crippen LogP contribution >= 0.6 is 0 Å². The number of ether oxygens (including phenoxy) is 1. The lowest BCUT2D eigenvalue weighted by Crippen LogP contribution is -2.70. The van der Waals surface area contributed by atoms with Crippen molar-refractivity contribution in [3.8, 4) is 0 Å². The van der Waals surface area contributed by atoms with Crippen LogP contribution in [0.5, 0.6) is 0 Å². The molecule has 3 aliphatic rings. The molecule has 0 aromatic rings. The number of hydrogen-bond donors (Lipinski definition) is 1. The fourth-order valence-corrected chi connectivity index (χ4v) is 3.96. The molecule has 2 atom stereocenters. The van der Waals surface area contributed by atoms with E-state index in [-0.39, 0.29) is 0 Å². The lowest BCUT2D eigenvalue weighted by molar-refractivity contribution is -0.0280. The SMILES string of the molecule is CC(C)OCCN1CC(C)(C2CC2)NCC1(C)C1CC1. The highest BCUT2D eigenvalue weighted by molar-refractivity contribution is 5.11. The van der Waals surface area contributed by atoms with E-state index >= 15 is 0 Å². The van der Waals surface area contributed by atoms with E-state index in [1.165, 1.54) is 32.2 Å². The van der Waals surface area contributed by atoms with E-state index in [0.29, 0.717) is 17.2 Å². The first-order chi connectivity index (χ1) is 9.44. The van der Waals surface area contributed by atoms with Gasteiger partial charge in [-0.05, 0) is 65.2 Å². The molecule has 20 heavy (non-hydrogen) atoms. The van der Waals surface area contributed by atoms with Crippen molar-refractivity contribution in [1.82, 2.24) is 10.2 Å². The summed E-state index contributed by atoms with van der Waals surface area (Å²) < 4.78 is 5.82. The minimum absolute atomic E-state index is 0.340. The summed E-state index contributed by atoms with van der Waals surface area (Å²) in [5.41, 5.74) is 0.695. The first-order valence-corrected chi connectivity index (χ1v) is 8.56. The molecule has 0 radical (unpaired) electrons. The second-order valence-corrected chi connectivity index (χ2v) is 8.02. The molecule has 2 saturated carbocycles. The summed E-state index contributed by atoms with van der Waals surface area (Å²) in [6.45, 7) is 13.5. The molecule has 116 valence electrons. The predicted molar refractivity (Wildman–Crippen MR) is 82.9 cm³/mol. The van der Waals surface area contributed by atoms with Crippen molar-refractivity contribution in [3.63, 3.8) is 0 Å². The van der Waals surface area contributed by atoms with Crippen LogP contribution in [-0.2, 0) is 4.74 Å². The van der Waals surface area contributed by atoms with Gasteiger partial charge < -0.3 is 10.1 Å². The largest absolute Gasteiger partial charge is 0.377 e. The van der Waals surface area contributed by atoms with E-state index in [0.717, 1.165) is 31.5 Å². The molecule has 0 spiro atoms. The standard InChI is InChI=1S/C17H32N2O/c1-13(2)20-10-9-19-12-16(3,14-5-6-14)18-11-17(19,4)15-7-8-15/h13-15,18H,5-12H2,1-4H3. The van der Waals surface area contributed by atoms with Gasteiger partial charge in [0.1, 0.15) is 0 Å². The van der Waals surface area contributed by atoms with E-state index in [1.54, 1.807) is 0 Å². The summed E-state index contributed by atoms with van der Waals surface area (Å²) >= 11 is 0. The highest BCUT2D eigenvalue weighted by Gasteiger charge is 2.53. The van der Waals surface area contributed by atoms with E-state index in [2.05, 4.69) is 37.9 Å². The van der Waals surface area contributed by atoms with Crippen LogP contribution in [0.1, 0.15) is 53.4 Å². The van der Waals surface area contributed by atoms with Crippen molar-refractivity contribution in [3.05, 3.63) is 0 Å². The van der Waals surface area contributed by atoms with Gasteiger partial charge in [0.15, 0.2) is 0 Å². The fourth-order valence-electron chi connectivity index (χ4n) is 3.96. The zero-order chi connectivity index (χ0) is 14.4. The Hall–Kier alpha value is -0.120. The summed E-state index contributed by atoms with van der Waals surface area (Å²) in [6, 6.07) is 0. The second kappa shape index (κ2) is 5.26. The van der Waals surface area contributed by atoms with Gasteiger partial charge in [-0.3, -0.25) is 4.90 Å². The Morgan fingerprint density at radius 2 is 1.80 bits per heavy atom. The number of piperazine rings is 1. The van der Waals surface area contributed by atoms with E-state index in [1.807, 2.05) is 0 Å². The monoisotopic (exact) mass is 280 g/mol. The normalized spacial score (nSPS) is 39.5. The molecule has 0 aromatic heterocycles. The molecule has 3 nitrogen and oxygen atoms in total. The summed E-state index contributed by atoms with van der Waals surface area (Å²) in [4.78, 5) is 2.75. The lowest BCUT2D eigenvalue weighted by atomic mass is 9.83. The van der Waals surface area contributed by atoms with Crippen LogP contribution in [0.25, 0.3) is 0 Å². The van der Waals surface area contributed by atoms with E-state index in [9.17, 15) is 0 Å². The highest BCUT2D eigenvalue weighted by atomic mass is 16.5. The summed E-state index contributed by atoms with van der Waals surface area (Å²) in [5.74, 6) is 1.80. The molecule has 3 rings (SSSR count). The number of nitrogens with zero attached hydrogens (tertiary/aromatic N) is 1. The number of rotatable bonds is 6. The minimum Gasteiger partial charge on any atom is -0.377 e. The Labute approximate surface area is 124 Å². The van der Waals surface area contributed by atoms with Crippen molar-refractivity contribution in [2.24, 2.45) is 11.8 Å². The molecular weight excluding hydrogens is 248 g/mol. The molecule has 0 amide bonds. The molecule has 2 aliphatic carbocycles. The fraction of sp³-hybridized carbons (Fsp3) is 1.00. The molecule has 3 heteroatoms. The average molecular weight is 280 g/mol.